The quantitative estimate of drug-likeness (QED) is 0.830. The summed E-state index contributed by atoms with van der Waals surface area (Å²) in [7, 11) is 0. The summed E-state index contributed by atoms with van der Waals surface area (Å²) >= 11 is 1.44. The number of nitrogens with zero attached hydrogens (tertiary/aromatic N) is 5. The maximum Gasteiger partial charge on any atom is 0.389 e. The van der Waals surface area contributed by atoms with Crippen LogP contribution in [0.4, 0.5) is 19.0 Å². The van der Waals surface area contributed by atoms with E-state index in [9.17, 15) is 18.0 Å². The zero-order chi connectivity index (χ0) is 17.6. The Morgan fingerprint density at radius 2 is 1.92 bits per heavy atom. The standard InChI is InChI=1S/C15H16F3N5OS/c16-15(17,18)4-3-11(24)23-9-1-2-10(23)6-22(5-9)13-12-14(20-7-19-13)25-8-21-12/h7-10H,1-6H2. The molecular weight excluding hydrogens is 355 g/mol. The Kier molecular flexibility index (Phi) is 4.01. The summed E-state index contributed by atoms with van der Waals surface area (Å²) in [5.41, 5.74) is 2.46. The average Bonchev–Trinajstić information content (AvgIpc) is 3.14. The van der Waals surface area contributed by atoms with Gasteiger partial charge in [0.15, 0.2) is 5.82 Å². The van der Waals surface area contributed by atoms with Gasteiger partial charge in [-0.3, -0.25) is 4.79 Å². The molecule has 10 heteroatoms. The minimum atomic E-state index is -4.30. The highest BCUT2D eigenvalue weighted by Crippen LogP contribution is 2.35. The molecule has 2 atom stereocenters. The van der Waals surface area contributed by atoms with Crippen LogP contribution in [-0.4, -0.2) is 57.1 Å². The number of rotatable bonds is 3. The molecule has 0 N–H and O–H groups in total. The van der Waals surface area contributed by atoms with Crippen molar-refractivity contribution in [1.82, 2.24) is 19.9 Å². The second-order valence-electron chi connectivity index (χ2n) is 6.41. The van der Waals surface area contributed by atoms with E-state index in [1.165, 1.54) is 17.7 Å². The van der Waals surface area contributed by atoms with Crippen LogP contribution < -0.4 is 4.90 Å². The van der Waals surface area contributed by atoms with Crippen LogP contribution in [-0.2, 0) is 4.79 Å². The van der Waals surface area contributed by atoms with Crippen LogP contribution in [0.1, 0.15) is 25.7 Å². The minimum Gasteiger partial charge on any atom is -0.351 e. The van der Waals surface area contributed by atoms with E-state index in [-0.39, 0.29) is 12.1 Å². The second kappa shape index (κ2) is 6.08. The molecule has 25 heavy (non-hydrogen) atoms. The van der Waals surface area contributed by atoms with Gasteiger partial charge in [-0.25, -0.2) is 15.0 Å². The zero-order valence-electron chi connectivity index (χ0n) is 13.2. The Hall–Kier alpha value is -1.97. The predicted octanol–water partition coefficient (Wildman–Crippen LogP) is 2.61. The van der Waals surface area contributed by atoms with Gasteiger partial charge >= 0.3 is 6.18 Å². The summed E-state index contributed by atoms with van der Waals surface area (Å²) in [5.74, 6) is 0.344. The zero-order valence-corrected chi connectivity index (χ0v) is 14.1. The summed E-state index contributed by atoms with van der Waals surface area (Å²) in [6, 6.07) is -0.133. The van der Waals surface area contributed by atoms with Crippen LogP contribution in [0.5, 0.6) is 0 Å². The fourth-order valence-corrected chi connectivity index (χ4v) is 4.40. The summed E-state index contributed by atoms with van der Waals surface area (Å²) in [5, 5.41) is 0. The molecule has 2 unspecified atom stereocenters. The number of piperazine rings is 1. The van der Waals surface area contributed by atoms with Crippen molar-refractivity contribution in [2.45, 2.75) is 43.9 Å². The topological polar surface area (TPSA) is 62.2 Å². The van der Waals surface area contributed by atoms with Gasteiger partial charge in [-0.15, -0.1) is 11.3 Å². The van der Waals surface area contributed by atoms with Gasteiger partial charge in [0.1, 0.15) is 16.7 Å². The van der Waals surface area contributed by atoms with Crippen LogP contribution in [0.2, 0.25) is 0 Å². The number of fused-ring (bicyclic) bond motifs is 3. The molecule has 0 aliphatic carbocycles. The molecule has 0 radical (unpaired) electrons. The van der Waals surface area contributed by atoms with E-state index < -0.39 is 24.9 Å². The van der Waals surface area contributed by atoms with Crippen LogP contribution in [0.25, 0.3) is 10.3 Å². The lowest BCUT2D eigenvalue weighted by Crippen LogP contribution is -2.56. The Bertz CT molecular complexity index is 781. The third-order valence-electron chi connectivity index (χ3n) is 4.81. The number of hydrogen-bond acceptors (Lipinski definition) is 6. The summed E-state index contributed by atoms with van der Waals surface area (Å²) in [4.78, 5) is 29.7. The molecular formula is C15H16F3N5OS. The highest BCUT2D eigenvalue weighted by molar-refractivity contribution is 7.16. The summed E-state index contributed by atoms with van der Waals surface area (Å²) in [6.45, 7) is 1.13. The lowest BCUT2D eigenvalue weighted by atomic mass is 10.1. The Balaban J connectivity index is 1.50. The summed E-state index contributed by atoms with van der Waals surface area (Å²) < 4.78 is 37.2. The van der Waals surface area contributed by atoms with Crippen molar-refractivity contribution in [1.29, 1.82) is 0 Å². The molecule has 0 aromatic carbocycles. The first kappa shape index (κ1) is 16.5. The highest BCUT2D eigenvalue weighted by Gasteiger charge is 2.43. The molecule has 0 spiro atoms. The van der Waals surface area contributed by atoms with Crippen molar-refractivity contribution in [2.24, 2.45) is 0 Å². The van der Waals surface area contributed by atoms with Crippen molar-refractivity contribution < 1.29 is 18.0 Å². The molecule has 2 fully saturated rings. The molecule has 4 rings (SSSR count). The molecule has 2 aromatic heterocycles. The normalized spacial score (nSPS) is 23.5. The van der Waals surface area contributed by atoms with Gasteiger partial charge in [0, 0.05) is 31.6 Å². The fraction of sp³-hybridized carbons (Fsp3) is 0.600. The number of alkyl halides is 3. The van der Waals surface area contributed by atoms with Gasteiger partial charge in [0.25, 0.3) is 0 Å². The summed E-state index contributed by atoms with van der Waals surface area (Å²) in [6.07, 6.45) is -2.71. The van der Waals surface area contributed by atoms with Crippen molar-refractivity contribution in [3.8, 4) is 0 Å². The molecule has 134 valence electrons. The van der Waals surface area contributed by atoms with Crippen LogP contribution in [0.15, 0.2) is 11.8 Å². The maximum atomic E-state index is 12.4. The van der Waals surface area contributed by atoms with E-state index in [1.807, 2.05) is 0 Å². The number of hydrogen-bond donors (Lipinski definition) is 0. The van der Waals surface area contributed by atoms with Gasteiger partial charge in [0.2, 0.25) is 5.91 Å². The first-order valence-corrected chi connectivity index (χ1v) is 8.97. The van der Waals surface area contributed by atoms with E-state index in [1.54, 1.807) is 10.4 Å². The molecule has 2 aliphatic rings. The van der Waals surface area contributed by atoms with Crippen LogP contribution >= 0.6 is 11.3 Å². The van der Waals surface area contributed by atoms with E-state index in [0.29, 0.717) is 13.1 Å². The first-order chi connectivity index (χ1) is 11.9. The van der Waals surface area contributed by atoms with Crippen molar-refractivity contribution in [2.75, 3.05) is 18.0 Å². The van der Waals surface area contributed by atoms with Gasteiger partial charge in [-0.1, -0.05) is 0 Å². The van der Waals surface area contributed by atoms with Gasteiger partial charge in [-0.05, 0) is 12.8 Å². The van der Waals surface area contributed by atoms with E-state index in [2.05, 4.69) is 19.9 Å². The van der Waals surface area contributed by atoms with Crippen LogP contribution in [0, 0.1) is 0 Å². The Labute approximate surface area is 145 Å². The van der Waals surface area contributed by atoms with Gasteiger partial charge < -0.3 is 9.80 Å². The van der Waals surface area contributed by atoms with Crippen LogP contribution in [0.3, 0.4) is 0 Å². The molecule has 1 amide bonds. The molecule has 6 nitrogen and oxygen atoms in total. The van der Waals surface area contributed by atoms with E-state index >= 15 is 0 Å². The number of aromatic nitrogens is 3. The number of amides is 1. The Morgan fingerprint density at radius 3 is 2.60 bits per heavy atom. The fourth-order valence-electron chi connectivity index (χ4n) is 3.77. The molecule has 2 bridgehead atoms. The van der Waals surface area contributed by atoms with Gasteiger partial charge in [0.05, 0.1) is 11.9 Å². The molecule has 4 heterocycles. The SMILES string of the molecule is O=C(CCC(F)(F)F)N1C2CCC1CN(c1ncnc3scnc13)C2. The lowest BCUT2D eigenvalue weighted by molar-refractivity contribution is -0.151. The highest BCUT2D eigenvalue weighted by atomic mass is 32.1. The monoisotopic (exact) mass is 371 g/mol. The molecule has 2 aliphatic heterocycles. The third-order valence-corrected chi connectivity index (χ3v) is 5.54. The maximum absolute atomic E-state index is 12.4. The average molecular weight is 371 g/mol. The van der Waals surface area contributed by atoms with Crippen molar-refractivity contribution >= 4 is 33.4 Å². The molecule has 2 saturated heterocycles. The number of halogens is 3. The number of carbonyl (C=O) groups excluding carboxylic acids is 1. The number of carbonyl (C=O) groups is 1. The van der Waals surface area contributed by atoms with E-state index in [0.717, 1.165) is 29.0 Å². The minimum absolute atomic E-state index is 0.0665. The Morgan fingerprint density at radius 1 is 1.20 bits per heavy atom. The number of thiazole rings is 1. The predicted molar refractivity (Wildman–Crippen MR) is 86.4 cm³/mol. The van der Waals surface area contributed by atoms with E-state index in [4.69, 9.17) is 0 Å². The lowest BCUT2D eigenvalue weighted by Gasteiger charge is -2.41. The molecule has 0 saturated carbocycles. The van der Waals surface area contributed by atoms with Gasteiger partial charge in [-0.2, -0.15) is 13.2 Å². The second-order valence-corrected chi connectivity index (χ2v) is 7.24. The van der Waals surface area contributed by atoms with Crippen molar-refractivity contribution in [3.63, 3.8) is 0 Å². The third kappa shape index (κ3) is 3.14. The smallest absolute Gasteiger partial charge is 0.351 e. The first-order valence-electron chi connectivity index (χ1n) is 8.09. The van der Waals surface area contributed by atoms with Crippen molar-refractivity contribution in [3.05, 3.63) is 11.8 Å². The number of anilines is 1. The molecule has 2 aromatic rings. The largest absolute Gasteiger partial charge is 0.389 e.